The molecule has 1 aromatic rings. The van der Waals surface area contributed by atoms with Gasteiger partial charge in [-0.15, -0.1) is 0 Å². The molecule has 2 atom stereocenters. The quantitative estimate of drug-likeness (QED) is 0.460. The first kappa shape index (κ1) is 19.0. The van der Waals surface area contributed by atoms with E-state index in [-0.39, 0.29) is 17.3 Å². The number of carbonyl (C=O) groups is 1. The molecule has 2 fully saturated rings. The lowest BCUT2D eigenvalue weighted by atomic mass is 9.89. The van der Waals surface area contributed by atoms with Crippen molar-refractivity contribution in [1.82, 2.24) is 0 Å². The number of esters is 1. The molecule has 0 unspecified atom stereocenters. The van der Waals surface area contributed by atoms with Crippen LogP contribution in [-0.2, 0) is 14.2 Å². The lowest BCUT2D eigenvalue weighted by Crippen LogP contribution is -2.45. The van der Waals surface area contributed by atoms with E-state index in [4.69, 9.17) is 9.47 Å². The van der Waals surface area contributed by atoms with E-state index >= 15 is 0 Å². The molecule has 2 aliphatic rings. The minimum atomic E-state index is -0.893. The van der Waals surface area contributed by atoms with Gasteiger partial charge >= 0.3 is 5.97 Å². The van der Waals surface area contributed by atoms with Crippen molar-refractivity contribution >= 4 is 23.0 Å². The van der Waals surface area contributed by atoms with Crippen LogP contribution in [0.25, 0.3) is 0 Å². The fourth-order valence-corrected chi connectivity index (χ4v) is 3.50. The molecule has 1 spiro atoms. The maximum atomic E-state index is 12.1. The molecule has 0 aromatic heterocycles. The molecule has 146 valence electrons. The van der Waals surface area contributed by atoms with E-state index < -0.39 is 32.8 Å². The number of anilines is 1. The summed E-state index contributed by atoms with van der Waals surface area (Å²) in [6.45, 7) is 1.46. The van der Waals surface area contributed by atoms with E-state index in [1.807, 2.05) is 0 Å². The van der Waals surface area contributed by atoms with Gasteiger partial charge in [0, 0.05) is 31.7 Å². The number of non-ortho nitro benzene ring substituents is 1. The summed E-state index contributed by atoms with van der Waals surface area (Å²) in [5.74, 6) is -0.893. The van der Waals surface area contributed by atoms with Crippen LogP contribution in [-0.4, -0.2) is 54.4 Å². The molecule has 11 heteroatoms. The highest BCUT2D eigenvalue weighted by atomic mass is 16.6. The highest BCUT2D eigenvalue weighted by Gasteiger charge is 2.42. The summed E-state index contributed by atoms with van der Waals surface area (Å²) < 4.78 is 15.9. The minimum absolute atomic E-state index is 0.0848. The Kier molecular flexibility index (Phi) is 5.24. The number of carbonyl (C=O) groups excluding carboxylic acids is 1. The molecular weight excluding hydrogens is 362 g/mol. The molecule has 11 nitrogen and oxygen atoms in total. The van der Waals surface area contributed by atoms with Crippen molar-refractivity contribution in [2.45, 2.75) is 30.9 Å². The number of hydrogen-bond acceptors (Lipinski definition) is 9. The Labute approximate surface area is 153 Å². The predicted molar refractivity (Wildman–Crippen MR) is 91.9 cm³/mol. The number of nitrogens with one attached hydrogen (secondary N) is 1. The molecule has 2 saturated heterocycles. The van der Waals surface area contributed by atoms with E-state index in [9.17, 15) is 25.0 Å². The average molecular weight is 381 g/mol. The van der Waals surface area contributed by atoms with Crippen molar-refractivity contribution in [2.24, 2.45) is 0 Å². The first-order chi connectivity index (χ1) is 12.8. The van der Waals surface area contributed by atoms with E-state index in [0.29, 0.717) is 32.7 Å². The molecule has 1 N–H and O–H groups in total. The summed E-state index contributed by atoms with van der Waals surface area (Å²) in [6, 6.07) is 1.60. The molecule has 0 radical (unpaired) electrons. The zero-order valence-electron chi connectivity index (χ0n) is 14.6. The average Bonchev–Trinajstić information content (AvgIpc) is 3.08. The van der Waals surface area contributed by atoms with Crippen LogP contribution in [0.5, 0.6) is 0 Å². The van der Waals surface area contributed by atoms with Crippen molar-refractivity contribution in [3.8, 4) is 0 Å². The van der Waals surface area contributed by atoms with E-state index in [0.717, 1.165) is 25.7 Å². The lowest BCUT2D eigenvalue weighted by Gasteiger charge is -2.37. The van der Waals surface area contributed by atoms with Crippen LogP contribution < -0.4 is 5.32 Å². The first-order valence-corrected chi connectivity index (χ1v) is 8.38. The third-order valence-electron chi connectivity index (χ3n) is 4.82. The molecular formula is C16H19N3O8. The normalized spacial score (nSPS) is 24.6. The van der Waals surface area contributed by atoms with Gasteiger partial charge in [-0.3, -0.25) is 20.2 Å². The van der Waals surface area contributed by atoms with Gasteiger partial charge < -0.3 is 19.5 Å². The fourth-order valence-electron chi connectivity index (χ4n) is 3.50. The third-order valence-corrected chi connectivity index (χ3v) is 4.82. The monoisotopic (exact) mass is 381 g/mol. The summed E-state index contributed by atoms with van der Waals surface area (Å²) in [5, 5.41) is 25.6. The van der Waals surface area contributed by atoms with Crippen LogP contribution >= 0.6 is 0 Å². The number of hydrogen-bond donors (Lipinski definition) is 1. The Morgan fingerprint density at radius 1 is 1.30 bits per heavy atom. The van der Waals surface area contributed by atoms with Gasteiger partial charge in [0.15, 0.2) is 0 Å². The largest absolute Gasteiger partial charge is 0.465 e. The van der Waals surface area contributed by atoms with Crippen molar-refractivity contribution < 1.29 is 28.9 Å². The van der Waals surface area contributed by atoms with Crippen LogP contribution in [0.1, 0.15) is 29.6 Å². The number of nitro benzene ring substituents is 2. The molecule has 0 amide bonds. The third kappa shape index (κ3) is 3.83. The molecule has 1 aromatic carbocycles. The number of nitro groups is 2. The lowest BCUT2D eigenvalue weighted by molar-refractivity contribution is -0.393. The maximum absolute atomic E-state index is 12.1. The van der Waals surface area contributed by atoms with Crippen LogP contribution in [0.15, 0.2) is 12.1 Å². The van der Waals surface area contributed by atoms with Crippen molar-refractivity contribution in [1.29, 1.82) is 0 Å². The van der Waals surface area contributed by atoms with Crippen molar-refractivity contribution in [3.63, 3.8) is 0 Å². The molecule has 0 saturated carbocycles. The number of rotatable bonds is 5. The van der Waals surface area contributed by atoms with E-state index in [1.54, 1.807) is 0 Å². The number of ether oxygens (including phenoxy) is 3. The fraction of sp³-hybridized carbons (Fsp3) is 0.562. The number of methoxy groups -OCH3 is 1. The van der Waals surface area contributed by atoms with Gasteiger partial charge in [-0.05, 0) is 12.8 Å². The first-order valence-electron chi connectivity index (χ1n) is 8.38. The second kappa shape index (κ2) is 7.45. The van der Waals surface area contributed by atoms with Crippen molar-refractivity contribution in [2.75, 3.05) is 32.2 Å². The standard InChI is InChI=1S/C16H19N3O8/c1-25-15(20)12-6-11(18(21)22)7-13(19(23)24)14(12)17-10-2-4-27-16(8-10)3-5-26-9-16/h6-7,10,17H,2-5,8-9H2,1H3/t10-,16-/m1/s1. The van der Waals surface area contributed by atoms with Crippen LogP contribution in [0.3, 0.4) is 0 Å². The second-order valence-corrected chi connectivity index (χ2v) is 6.56. The smallest absolute Gasteiger partial charge is 0.340 e. The van der Waals surface area contributed by atoms with Gasteiger partial charge in [0.2, 0.25) is 0 Å². The van der Waals surface area contributed by atoms with Crippen LogP contribution in [0.2, 0.25) is 0 Å². The number of benzene rings is 1. The zero-order valence-corrected chi connectivity index (χ0v) is 14.6. The summed E-state index contributed by atoms with van der Waals surface area (Å²) >= 11 is 0. The van der Waals surface area contributed by atoms with Gasteiger partial charge in [0.25, 0.3) is 11.4 Å². The Balaban J connectivity index is 1.98. The predicted octanol–water partition coefficient (Wildman–Crippen LogP) is 2.04. The van der Waals surface area contributed by atoms with Gasteiger partial charge in [0.05, 0.1) is 40.8 Å². The Morgan fingerprint density at radius 2 is 2.07 bits per heavy atom. The summed E-state index contributed by atoms with van der Waals surface area (Å²) in [6.07, 6.45) is 1.83. The molecule has 2 heterocycles. The minimum Gasteiger partial charge on any atom is -0.465 e. The Hall–Kier alpha value is -2.79. The topological polar surface area (TPSA) is 143 Å². The Morgan fingerprint density at radius 3 is 2.67 bits per heavy atom. The Bertz CT molecular complexity index is 775. The van der Waals surface area contributed by atoms with E-state index in [2.05, 4.69) is 10.1 Å². The van der Waals surface area contributed by atoms with Crippen molar-refractivity contribution in [3.05, 3.63) is 37.9 Å². The zero-order chi connectivity index (χ0) is 19.6. The van der Waals surface area contributed by atoms with Gasteiger partial charge in [-0.1, -0.05) is 0 Å². The maximum Gasteiger partial charge on any atom is 0.340 e. The number of nitrogens with zero attached hydrogens (tertiary/aromatic N) is 2. The highest BCUT2D eigenvalue weighted by molar-refractivity contribution is 5.99. The second-order valence-electron chi connectivity index (χ2n) is 6.56. The van der Waals surface area contributed by atoms with Crippen LogP contribution in [0, 0.1) is 20.2 Å². The molecule has 3 rings (SSSR count). The SMILES string of the molecule is COC(=O)c1cc([N+](=O)[O-])cc([N+](=O)[O-])c1N[C@@H]1CCO[C@]2(CCOC2)C1. The molecule has 2 aliphatic heterocycles. The summed E-state index contributed by atoms with van der Waals surface area (Å²) in [4.78, 5) is 33.2. The van der Waals surface area contributed by atoms with Gasteiger partial charge in [-0.2, -0.15) is 0 Å². The van der Waals surface area contributed by atoms with Gasteiger partial charge in [0.1, 0.15) is 5.69 Å². The van der Waals surface area contributed by atoms with Gasteiger partial charge in [-0.25, -0.2) is 4.79 Å². The molecule has 27 heavy (non-hydrogen) atoms. The van der Waals surface area contributed by atoms with E-state index in [1.165, 1.54) is 0 Å². The highest BCUT2D eigenvalue weighted by Crippen LogP contribution is 2.38. The summed E-state index contributed by atoms with van der Waals surface area (Å²) in [5.41, 5.74) is -1.88. The van der Waals surface area contributed by atoms with Crippen LogP contribution in [0.4, 0.5) is 17.1 Å². The summed E-state index contributed by atoms with van der Waals surface area (Å²) in [7, 11) is 1.11. The molecule has 0 aliphatic carbocycles. The molecule has 0 bridgehead atoms.